The molecule has 2 aromatic carbocycles. The molecule has 0 saturated carbocycles. The molecule has 0 atom stereocenters. The molecule has 0 fully saturated rings. The molecule has 0 bridgehead atoms. The van der Waals surface area contributed by atoms with Gasteiger partial charge in [0, 0.05) is 22.4 Å². The first-order chi connectivity index (χ1) is 11.7. The molecule has 0 N–H and O–H groups in total. The predicted octanol–water partition coefficient (Wildman–Crippen LogP) is 3.61. The zero-order valence-corrected chi connectivity index (χ0v) is 13.2. The van der Waals surface area contributed by atoms with Crippen molar-refractivity contribution >= 4 is 16.5 Å². The minimum absolute atomic E-state index is 0.116. The maximum absolute atomic E-state index is 11.2. The van der Waals surface area contributed by atoms with Crippen molar-refractivity contribution in [3.05, 3.63) is 52.6 Å². The molecule has 0 radical (unpaired) electrons. The van der Waals surface area contributed by atoms with Crippen LogP contribution in [0.2, 0.25) is 0 Å². The molecule has 24 heavy (non-hydrogen) atoms. The van der Waals surface area contributed by atoms with Gasteiger partial charge in [0.15, 0.2) is 5.75 Å². The maximum atomic E-state index is 11.2. The van der Waals surface area contributed by atoms with Gasteiger partial charge in [-0.05, 0) is 25.1 Å². The van der Waals surface area contributed by atoms with Crippen LogP contribution in [0.15, 0.2) is 42.5 Å². The number of nitro benzene ring substituents is 1. The van der Waals surface area contributed by atoms with E-state index in [1.807, 2.05) is 31.2 Å². The minimum Gasteiger partial charge on any atom is -0.490 e. The largest absolute Gasteiger partial charge is 0.490 e. The molecular formula is C17H15N3O4. The molecule has 0 aliphatic heterocycles. The van der Waals surface area contributed by atoms with Gasteiger partial charge in [0.1, 0.15) is 5.69 Å². The third-order valence-electron chi connectivity index (χ3n) is 3.58. The molecule has 0 saturated heterocycles. The van der Waals surface area contributed by atoms with E-state index in [0.717, 1.165) is 10.8 Å². The fraction of sp³-hybridized carbons (Fsp3) is 0.176. The Morgan fingerprint density at radius 3 is 2.54 bits per heavy atom. The Morgan fingerprint density at radius 2 is 1.88 bits per heavy atom. The van der Waals surface area contributed by atoms with Crippen LogP contribution in [-0.2, 0) is 0 Å². The van der Waals surface area contributed by atoms with Gasteiger partial charge in [-0.25, -0.2) is 0 Å². The van der Waals surface area contributed by atoms with Gasteiger partial charge in [-0.1, -0.05) is 18.2 Å². The van der Waals surface area contributed by atoms with Crippen molar-refractivity contribution in [1.82, 2.24) is 10.2 Å². The van der Waals surface area contributed by atoms with E-state index >= 15 is 0 Å². The van der Waals surface area contributed by atoms with Crippen molar-refractivity contribution in [1.29, 1.82) is 0 Å². The summed E-state index contributed by atoms with van der Waals surface area (Å²) < 4.78 is 10.5. The molecule has 7 heteroatoms. The number of rotatable bonds is 5. The van der Waals surface area contributed by atoms with Crippen LogP contribution < -0.4 is 9.47 Å². The molecule has 7 nitrogen and oxygen atoms in total. The van der Waals surface area contributed by atoms with Gasteiger partial charge in [0.25, 0.3) is 0 Å². The van der Waals surface area contributed by atoms with Gasteiger partial charge >= 0.3 is 5.69 Å². The molecule has 0 unspecified atom stereocenters. The Balaban J connectivity index is 2.22. The summed E-state index contributed by atoms with van der Waals surface area (Å²) in [5.41, 5.74) is 1.03. The molecule has 3 rings (SSSR count). The summed E-state index contributed by atoms with van der Waals surface area (Å²) in [6.07, 6.45) is 0. The first-order valence-electron chi connectivity index (χ1n) is 7.36. The molecule has 3 aromatic rings. The van der Waals surface area contributed by atoms with Gasteiger partial charge in [0.2, 0.25) is 5.88 Å². The minimum atomic E-state index is -0.480. The Morgan fingerprint density at radius 1 is 1.12 bits per heavy atom. The molecule has 0 amide bonds. The van der Waals surface area contributed by atoms with Crippen LogP contribution in [0.5, 0.6) is 11.6 Å². The third-order valence-corrected chi connectivity index (χ3v) is 3.58. The smallest absolute Gasteiger partial charge is 0.311 e. The van der Waals surface area contributed by atoms with Crippen LogP contribution in [0.1, 0.15) is 6.92 Å². The van der Waals surface area contributed by atoms with E-state index in [2.05, 4.69) is 10.2 Å². The highest BCUT2D eigenvalue weighted by Gasteiger charge is 2.18. The lowest BCUT2D eigenvalue weighted by molar-refractivity contribution is -0.385. The second-order valence-electron chi connectivity index (χ2n) is 4.98. The van der Waals surface area contributed by atoms with Crippen LogP contribution in [0.25, 0.3) is 22.0 Å². The first kappa shape index (κ1) is 15.7. The van der Waals surface area contributed by atoms with Gasteiger partial charge < -0.3 is 9.47 Å². The Hall–Kier alpha value is -3.22. The normalized spacial score (nSPS) is 10.6. The highest BCUT2D eigenvalue weighted by atomic mass is 16.6. The summed E-state index contributed by atoms with van der Waals surface area (Å²) in [6.45, 7) is 2.35. The average molecular weight is 325 g/mol. The lowest BCUT2D eigenvalue weighted by Gasteiger charge is -2.10. The molecule has 122 valence electrons. The number of benzene rings is 2. The Kier molecular flexibility index (Phi) is 4.24. The van der Waals surface area contributed by atoms with Gasteiger partial charge in [-0.2, -0.15) is 0 Å². The first-order valence-corrected chi connectivity index (χ1v) is 7.36. The number of ether oxygens (including phenoxy) is 2. The van der Waals surface area contributed by atoms with E-state index in [-0.39, 0.29) is 11.4 Å². The standard InChI is InChI=1S/C17H15N3O4/c1-3-24-17-13-7-5-4-6-12(13)16(18-19-17)11-8-9-15(23-2)14(10-11)20(21)22/h4-10H,3H2,1-2H3. The van der Waals surface area contributed by atoms with E-state index < -0.39 is 4.92 Å². The number of fused-ring (bicyclic) bond motifs is 1. The zero-order chi connectivity index (χ0) is 17.1. The van der Waals surface area contributed by atoms with E-state index in [1.54, 1.807) is 12.1 Å². The number of methoxy groups -OCH3 is 1. The Bertz CT molecular complexity index is 911. The summed E-state index contributed by atoms with van der Waals surface area (Å²) in [5.74, 6) is 0.645. The van der Waals surface area contributed by atoms with Gasteiger partial charge in [0.05, 0.1) is 18.6 Å². The average Bonchev–Trinajstić information content (AvgIpc) is 2.61. The molecule has 0 aliphatic carbocycles. The molecular weight excluding hydrogens is 310 g/mol. The Labute approximate surface area is 138 Å². The maximum Gasteiger partial charge on any atom is 0.311 e. The summed E-state index contributed by atoms with van der Waals surface area (Å²) >= 11 is 0. The van der Waals surface area contributed by atoms with Crippen LogP contribution in [0.3, 0.4) is 0 Å². The third kappa shape index (κ3) is 2.71. The second-order valence-corrected chi connectivity index (χ2v) is 4.98. The highest BCUT2D eigenvalue weighted by Crippen LogP contribution is 2.35. The topological polar surface area (TPSA) is 87.4 Å². The van der Waals surface area contributed by atoms with Gasteiger partial charge in [-0.3, -0.25) is 10.1 Å². The number of nitrogens with zero attached hydrogens (tertiary/aromatic N) is 3. The number of aromatic nitrogens is 2. The van der Waals surface area contributed by atoms with Gasteiger partial charge in [-0.15, -0.1) is 10.2 Å². The van der Waals surface area contributed by atoms with Crippen molar-refractivity contribution in [2.24, 2.45) is 0 Å². The zero-order valence-electron chi connectivity index (χ0n) is 13.2. The highest BCUT2D eigenvalue weighted by molar-refractivity contribution is 5.97. The van der Waals surface area contributed by atoms with E-state index in [4.69, 9.17) is 9.47 Å². The summed E-state index contributed by atoms with van der Waals surface area (Å²) in [6, 6.07) is 12.3. The fourth-order valence-corrected chi connectivity index (χ4v) is 2.52. The van der Waals surface area contributed by atoms with E-state index in [0.29, 0.717) is 23.7 Å². The predicted molar refractivity (Wildman–Crippen MR) is 89.3 cm³/mol. The number of hydrogen-bond donors (Lipinski definition) is 0. The lowest BCUT2D eigenvalue weighted by Crippen LogP contribution is -2.00. The quantitative estimate of drug-likeness (QED) is 0.526. The van der Waals surface area contributed by atoms with Crippen LogP contribution in [-0.4, -0.2) is 28.8 Å². The summed E-state index contributed by atoms with van der Waals surface area (Å²) in [7, 11) is 1.40. The number of nitro groups is 1. The molecule has 0 aliphatic rings. The van der Waals surface area contributed by atoms with E-state index in [1.165, 1.54) is 13.2 Å². The van der Waals surface area contributed by atoms with Crippen molar-refractivity contribution < 1.29 is 14.4 Å². The van der Waals surface area contributed by atoms with Crippen molar-refractivity contribution in [3.63, 3.8) is 0 Å². The van der Waals surface area contributed by atoms with Crippen molar-refractivity contribution in [2.45, 2.75) is 6.92 Å². The van der Waals surface area contributed by atoms with Crippen LogP contribution >= 0.6 is 0 Å². The van der Waals surface area contributed by atoms with Crippen molar-refractivity contribution in [3.8, 4) is 22.9 Å². The number of hydrogen-bond acceptors (Lipinski definition) is 6. The van der Waals surface area contributed by atoms with Crippen LogP contribution in [0, 0.1) is 10.1 Å². The van der Waals surface area contributed by atoms with Crippen LogP contribution in [0.4, 0.5) is 5.69 Å². The fourth-order valence-electron chi connectivity index (χ4n) is 2.52. The lowest BCUT2D eigenvalue weighted by atomic mass is 10.0. The van der Waals surface area contributed by atoms with Crippen molar-refractivity contribution in [2.75, 3.05) is 13.7 Å². The second kappa shape index (κ2) is 6.49. The summed E-state index contributed by atoms with van der Waals surface area (Å²) in [5, 5.41) is 21.2. The summed E-state index contributed by atoms with van der Waals surface area (Å²) in [4.78, 5) is 10.8. The monoisotopic (exact) mass is 325 g/mol. The van der Waals surface area contributed by atoms with E-state index in [9.17, 15) is 10.1 Å². The molecule has 0 spiro atoms. The SMILES string of the molecule is CCOc1nnc(-c2ccc(OC)c([N+](=O)[O-])c2)c2ccccc12. The molecule has 1 heterocycles. The molecule has 1 aromatic heterocycles.